The number of alkyl halides is 2. The minimum Gasteiger partial charge on any atom is -0.316 e. The number of ether oxygens (including phenoxy) is 1. The van der Waals surface area contributed by atoms with E-state index in [0.717, 1.165) is 31.7 Å². The van der Waals surface area contributed by atoms with Gasteiger partial charge in [0, 0.05) is 0 Å². The van der Waals surface area contributed by atoms with Crippen molar-refractivity contribution in [1.29, 1.82) is 0 Å². The maximum atomic E-state index is 14.9. The lowest BCUT2D eigenvalue weighted by atomic mass is 9.76. The summed E-state index contributed by atoms with van der Waals surface area (Å²) in [6.45, 7) is 3.29. The molecule has 7 heteroatoms. The second-order valence-electron chi connectivity index (χ2n) is 9.92. The van der Waals surface area contributed by atoms with Gasteiger partial charge in [-0.3, -0.25) is 0 Å². The Balaban J connectivity index is 1.62. The molecule has 0 radical (unpaired) electrons. The molecule has 2 aromatic rings. The molecule has 1 aliphatic carbocycles. The Morgan fingerprint density at radius 1 is 0.750 bits per heavy atom. The lowest BCUT2D eigenvalue weighted by Gasteiger charge is -2.29. The van der Waals surface area contributed by atoms with Crippen LogP contribution in [0.5, 0.6) is 0 Å². The van der Waals surface area contributed by atoms with E-state index < -0.39 is 41.5 Å². The van der Waals surface area contributed by atoms with Gasteiger partial charge in [0.1, 0.15) is 0 Å². The molecule has 0 amide bonds. The molecule has 0 bridgehead atoms. The molecule has 0 aliphatic heterocycles. The van der Waals surface area contributed by atoms with Crippen LogP contribution in [0.2, 0.25) is 0 Å². The van der Waals surface area contributed by atoms with Crippen molar-refractivity contribution in [2.24, 2.45) is 5.92 Å². The molecule has 1 aliphatic rings. The van der Waals surface area contributed by atoms with Crippen LogP contribution in [0.15, 0.2) is 24.3 Å². The van der Waals surface area contributed by atoms with Crippen molar-refractivity contribution in [2.45, 2.75) is 96.5 Å². The molecule has 36 heavy (non-hydrogen) atoms. The van der Waals surface area contributed by atoms with E-state index in [1.54, 1.807) is 0 Å². The Hall–Kier alpha value is -2.02. The molecule has 0 unspecified atom stereocenters. The molecule has 1 nitrogen and oxygen atoms in total. The van der Waals surface area contributed by atoms with E-state index in [2.05, 4.69) is 11.7 Å². The summed E-state index contributed by atoms with van der Waals surface area (Å²) in [6.07, 6.45) is 4.45. The fraction of sp³-hybridized carbons (Fsp3) is 0.586. The van der Waals surface area contributed by atoms with Gasteiger partial charge in [-0.1, -0.05) is 64.2 Å². The lowest BCUT2D eigenvalue weighted by Crippen LogP contribution is -2.23. The fourth-order valence-electron chi connectivity index (χ4n) is 5.20. The normalized spacial score (nSPS) is 18.6. The Morgan fingerprint density at radius 2 is 1.39 bits per heavy atom. The largest absolute Gasteiger partial charge is 0.386 e. The van der Waals surface area contributed by atoms with Crippen LogP contribution < -0.4 is 0 Å². The maximum absolute atomic E-state index is 14.9. The van der Waals surface area contributed by atoms with Crippen molar-refractivity contribution in [3.8, 4) is 0 Å². The molecule has 200 valence electrons. The van der Waals surface area contributed by atoms with Gasteiger partial charge in [-0.25, -0.2) is 17.6 Å². The van der Waals surface area contributed by atoms with Crippen LogP contribution in [0.3, 0.4) is 0 Å². The van der Waals surface area contributed by atoms with Gasteiger partial charge in [-0.2, -0.15) is 8.78 Å². The second-order valence-corrected chi connectivity index (χ2v) is 9.92. The summed E-state index contributed by atoms with van der Waals surface area (Å²) < 4.78 is 91.7. The third kappa shape index (κ3) is 6.84. The predicted octanol–water partition coefficient (Wildman–Crippen LogP) is 9.36. The average molecular weight is 515 g/mol. The first-order valence-electron chi connectivity index (χ1n) is 13.1. The Kier molecular flexibility index (Phi) is 10.3. The Bertz CT molecular complexity index is 998. The molecule has 1 fully saturated rings. The van der Waals surface area contributed by atoms with E-state index in [1.165, 1.54) is 31.0 Å². The van der Waals surface area contributed by atoms with Crippen molar-refractivity contribution in [1.82, 2.24) is 0 Å². The number of aryl methyl sites for hydroxylation is 1. The van der Waals surface area contributed by atoms with Crippen LogP contribution in [0.1, 0.15) is 99.8 Å². The summed E-state index contributed by atoms with van der Waals surface area (Å²) in [5.74, 6) is -4.60. The van der Waals surface area contributed by atoms with E-state index in [1.807, 2.05) is 6.92 Å². The number of halogens is 6. The molecular weight excluding hydrogens is 478 g/mol. The van der Waals surface area contributed by atoms with Crippen molar-refractivity contribution in [3.05, 3.63) is 69.8 Å². The smallest absolute Gasteiger partial charge is 0.316 e. The zero-order valence-corrected chi connectivity index (χ0v) is 21.1. The first-order chi connectivity index (χ1) is 17.2. The molecule has 0 N–H and O–H groups in total. The van der Waals surface area contributed by atoms with Crippen molar-refractivity contribution < 1.29 is 31.1 Å². The Morgan fingerprint density at radius 3 is 2.00 bits per heavy atom. The van der Waals surface area contributed by atoms with Gasteiger partial charge in [0.2, 0.25) is 0 Å². The van der Waals surface area contributed by atoms with Gasteiger partial charge in [0.15, 0.2) is 23.3 Å². The van der Waals surface area contributed by atoms with E-state index >= 15 is 0 Å². The predicted molar refractivity (Wildman–Crippen MR) is 129 cm³/mol. The quantitative estimate of drug-likeness (QED) is 0.203. The van der Waals surface area contributed by atoms with Crippen LogP contribution in [0.25, 0.3) is 0 Å². The minimum absolute atomic E-state index is 0.115. The SMILES string of the molecule is CCCCCC1CCC(c2ccc(C(F)(F)OCCc3ccc(CCC)c(F)c3F)c(F)c2F)CC1. The second kappa shape index (κ2) is 13.0. The topological polar surface area (TPSA) is 9.23 Å². The maximum Gasteiger partial charge on any atom is 0.386 e. The number of rotatable bonds is 12. The molecule has 3 rings (SSSR count). The zero-order chi connectivity index (χ0) is 26.3. The fourth-order valence-corrected chi connectivity index (χ4v) is 5.20. The summed E-state index contributed by atoms with van der Waals surface area (Å²) in [7, 11) is 0. The Labute approximate surface area is 210 Å². The van der Waals surface area contributed by atoms with Crippen LogP contribution in [0, 0.1) is 29.2 Å². The van der Waals surface area contributed by atoms with E-state index in [4.69, 9.17) is 0 Å². The highest BCUT2D eigenvalue weighted by molar-refractivity contribution is 5.31. The summed E-state index contributed by atoms with van der Waals surface area (Å²) in [5.41, 5.74) is -0.964. The first kappa shape index (κ1) is 28.5. The van der Waals surface area contributed by atoms with Gasteiger partial charge in [-0.05, 0) is 73.1 Å². The monoisotopic (exact) mass is 514 g/mol. The lowest BCUT2D eigenvalue weighted by molar-refractivity contribution is -0.250. The minimum atomic E-state index is -4.11. The van der Waals surface area contributed by atoms with E-state index in [0.29, 0.717) is 31.6 Å². The van der Waals surface area contributed by atoms with E-state index in [9.17, 15) is 26.3 Å². The zero-order valence-electron chi connectivity index (χ0n) is 21.1. The third-order valence-corrected chi connectivity index (χ3v) is 7.34. The van der Waals surface area contributed by atoms with Crippen molar-refractivity contribution >= 4 is 0 Å². The van der Waals surface area contributed by atoms with E-state index in [-0.39, 0.29) is 29.0 Å². The van der Waals surface area contributed by atoms with Gasteiger partial charge in [0.25, 0.3) is 0 Å². The summed E-state index contributed by atoms with van der Waals surface area (Å²) >= 11 is 0. The molecule has 2 aromatic carbocycles. The summed E-state index contributed by atoms with van der Waals surface area (Å²) in [5, 5.41) is 0. The third-order valence-electron chi connectivity index (χ3n) is 7.34. The van der Waals surface area contributed by atoms with Crippen LogP contribution in [0.4, 0.5) is 26.3 Å². The van der Waals surface area contributed by atoms with Crippen LogP contribution in [-0.4, -0.2) is 6.61 Å². The van der Waals surface area contributed by atoms with Gasteiger partial charge in [0.05, 0.1) is 12.2 Å². The van der Waals surface area contributed by atoms with Crippen LogP contribution in [-0.2, 0) is 23.7 Å². The highest BCUT2D eigenvalue weighted by Crippen LogP contribution is 2.41. The molecule has 0 aromatic heterocycles. The van der Waals surface area contributed by atoms with Gasteiger partial charge < -0.3 is 4.74 Å². The summed E-state index contributed by atoms with van der Waals surface area (Å²) in [6, 6.07) is 4.86. The van der Waals surface area contributed by atoms with Crippen LogP contribution >= 0.6 is 0 Å². The number of benzene rings is 2. The molecule has 0 spiro atoms. The first-order valence-corrected chi connectivity index (χ1v) is 13.1. The van der Waals surface area contributed by atoms with Crippen molar-refractivity contribution in [3.63, 3.8) is 0 Å². The van der Waals surface area contributed by atoms with Gasteiger partial charge >= 0.3 is 6.11 Å². The number of hydrogen-bond acceptors (Lipinski definition) is 1. The molecule has 0 saturated heterocycles. The molecule has 0 heterocycles. The standard InChI is InChI=1S/C29H36F6O/c1-3-5-6-8-19-9-11-20(12-10-19)23-15-16-24(28(33)27(23)32)29(34,35)36-18-17-22-14-13-21(7-4-2)25(30)26(22)31/h13-16,19-20H,3-12,17-18H2,1-2H3. The molecule has 0 atom stereocenters. The van der Waals surface area contributed by atoms with Gasteiger partial charge in [-0.15, -0.1) is 0 Å². The highest BCUT2D eigenvalue weighted by Gasteiger charge is 2.38. The summed E-state index contributed by atoms with van der Waals surface area (Å²) in [4.78, 5) is 0. The molecular formula is C29H36F6O. The average Bonchev–Trinajstić information content (AvgIpc) is 2.85. The molecule has 1 saturated carbocycles. The number of hydrogen-bond donors (Lipinski definition) is 0. The van der Waals surface area contributed by atoms with Crippen molar-refractivity contribution in [2.75, 3.05) is 6.61 Å². The highest BCUT2D eigenvalue weighted by atomic mass is 19.3. The number of unbranched alkanes of at least 4 members (excludes halogenated alkanes) is 2.